The average Bonchev–Trinajstić information content (AvgIpc) is 2.32. The normalized spacial score (nSPS) is 21.1. The van der Waals surface area contributed by atoms with Crippen molar-refractivity contribution in [3.8, 4) is 0 Å². The first-order chi connectivity index (χ1) is 6.91. The number of likely N-dealkylation sites (N-methyl/N-ethyl adjacent to an activating group) is 1. The van der Waals surface area contributed by atoms with Crippen LogP contribution in [0.1, 0.15) is 20.3 Å². The molecule has 1 atom stereocenters. The van der Waals surface area contributed by atoms with E-state index in [2.05, 4.69) is 5.32 Å². The summed E-state index contributed by atoms with van der Waals surface area (Å²) in [5.74, 6) is -0.699. The minimum Gasteiger partial charge on any atom is -0.447 e. The van der Waals surface area contributed by atoms with E-state index in [0.717, 1.165) is 4.90 Å². The molecular formula is C9H14N2O4. The number of likely N-dealkylation sites (tertiary alicyclic amines) is 1. The molecule has 0 radical (unpaired) electrons. The largest absolute Gasteiger partial charge is 0.447 e. The van der Waals surface area contributed by atoms with Gasteiger partial charge in [0.2, 0.25) is 5.91 Å². The van der Waals surface area contributed by atoms with Crippen LogP contribution in [0.3, 0.4) is 0 Å². The smallest absolute Gasteiger partial charge is 0.408 e. The summed E-state index contributed by atoms with van der Waals surface area (Å²) in [6.45, 7) is 3.40. The first-order valence-corrected chi connectivity index (χ1v) is 4.69. The van der Waals surface area contributed by atoms with Gasteiger partial charge < -0.3 is 10.1 Å². The second-order valence-electron chi connectivity index (χ2n) is 3.65. The van der Waals surface area contributed by atoms with E-state index in [1.54, 1.807) is 13.8 Å². The molecule has 1 saturated heterocycles. The van der Waals surface area contributed by atoms with Crippen LogP contribution in [0.15, 0.2) is 0 Å². The number of nitrogens with zero attached hydrogens (tertiary/aromatic N) is 1. The van der Waals surface area contributed by atoms with Crippen molar-refractivity contribution < 1.29 is 19.1 Å². The molecule has 1 fully saturated rings. The number of nitrogens with one attached hydrogen (secondary N) is 1. The molecule has 1 aliphatic heterocycles. The first-order valence-electron chi connectivity index (χ1n) is 4.69. The highest BCUT2D eigenvalue weighted by Crippen LogP contribution is 2.10. The van der Waals surface area contributed by atoms with Crippen molar-refractivity contribution in [2.24, 2.45) is 0 Å². The summed E-state index contributed by atoms with van der Waals surface area (Å²) in [6, 6.07) is -0.784. The number of imide groups is 1. The topological polar surface area (TPSA) is 75.7 Å². The lowest BCUT2D eigenvalue weighted by Gasteiger charge is -2.12. The Morgan fingerprint density at radius 3 is 2.53 bits per heavy atom. The van der Waals surface area contributed by atoms with Crippen molar-refractivity contribution in [1.82, 2.24) is 10.2 Å². The third-order valence-electron chi connectivity index (χ3n) is 2.02. The summed E-state index contributed by atoms with van der Waals surface area (Å²) in [7, 11) is 1.39. The van der Waals surface area contributed by atoms with E-state index in [9.17, 15) is 14.4 Å². The van der Waals surface area contributed by atoms with Gasteiger partial charge in [-0.15, -0.1) is 0 Å². The lowest BCUT2D eigenvalue weighted by Crippen LogP contribution is -2.41. The van der Waals surface area contributed by atoms with Crippen molar-refractivity contribution in [1.29, 1.82) is 0 Å². The highest BCUT2D eigenvalue weighted by atomic mass is 16.6. The van der Waals surface area contributed by atoms with Gasteiger partial charge in [0.25, 0.3) is 5.91 Å². The molecule has 1 heterocycles. The SMILES string of the molecule is CC(C)OC(=O)NC1CC(=O)N(C)C1=O. The molecule has 0 aromatic carbocycles. The molecule has 3 amide bonds. The molecule has 1 rings (SSSR count). The van der Waals surface area contributed by atoms with Crippen LogP contribution in [0, 0.1) is 0 Å². The van der Waals surface area contributed by atoms with Crippen LogP contribution < -0.4 is 5.32 Å². The van der Waals surface area contributed by atoms with Crippen molar-refractivity contribution >= 4 is 17.9 Å². The third-order valence-corrected chi connectivity index (χ3v) is 2.02. The average molecular weight is 214 g/mol. The Balaban J connectivity index is 2.50. The molecule has 6 heteroatoms. The Hall–Kier alpha value is -1.59. The predicted molar refractivity (Wildman–Crippen MR) is 50.9 cm³/mol. The summed E-state index contributed by atoms with van der Waals surface area (Å²) < 4.78 is 4.80. The van der Waals surface area contributed by atoms with E-state index >= 15 is 0 Å². The predicted octanol–water partition coefficient (Wildman–Crippen LogP) is -0.122. The molecule has 1 aliphatic rings. The van der Waals surface area contributed by atoms with Crippen molar-refractivity contribution in [2.45, 2.75) is 32.4 Å². The highest BCUT2D eigenvalue weighted by Gasteiger charge is 2.37. The maximum absolute atomic E-state index is 11.4. The zero-order valence-corrected chi connectivity index (χ0v) is 8.94. The van der Waals surface area contributed by atoms with Crippen LogP contribution in [0.5, 0.6) is 0 Å². The Bertz CT molecular complexity index is 300. The van der Waals surface area contributed by atoms with Crippen molar-refractivity contribution in [3.63, 3.8) is 0 Å². The van der Waals surface area contributed by atoms with Gasteiger partial charge in [0.05, 0.1) is 12.5 Å². The Kier molecular flexibility index (Phi) is 3.28. The van der Waals surface area contributed by atoms with Gasteiger partial charge in [-0.1, -0.05) is 0 Å². The molecule has 1 N–H and O–H groups in total. The van der Waals surface area contributed by atoms with Crippen LogP contribution in [0.2, 0.25) is 0 Å². The van der Waals surface area contributed by atoms with Gasteiger partial charge in [-0.25, -0.2) is 4.79 Å². The number of rotatable bonds is 2. The summed E-state index contributed by atoms with van der Waals surface area (Å²) >= 11 is 0. The van der Waals surface area contributed by atoms with E-state index in [4.69, 9.17) is 4.74 Å². The van der Waals surface area contributed by atoms with Gasteiger partial charge >= 0.3 is 6.09 Å². The van der Waals surface area contributed by atoms with Crippen LogP contribution >= 0.6 is 0 Å². The van der Waals surface area contributed by atoms with E-state index in [1.807, 2.05) is 0 Å². The van der Waals surface area contributed by atoms with Gasteiger partial charge in [0.15, 0.2) is 0 Å². The molecule has 0 aromatic heterocycles. The second kappa shape index (κ2) is 4.29. The Morgan fingerprint density at radius 2 is 2.13 bits per heavy atom. The van der Waals surface area contributed by atoms with E-state index in [-0.39, 0.29) is 18.4 Å². The van der Waals surface area contributed by atoms with Crippen LogP contribution in [0.4, 0.5) is 4.79 Å². The third kappa shape index (κ3) is 2.68. The number of ether oxygens (including phenoxy) is 1. The molecule has 0 aromatic rings. The molecule has 0 aliphatic carbocycles. The fourth-order valence-corrected chi connectivity index (χ4v) is 1.26. The molecule has 0 saturated carbocycles. The summed E-state index contributed by atoms with van der Waals surface area (Å²) in [6.07, 6.45) is -0.927. The zero-order chi connectivity index (χ0) is 11.6. The molecule has 1 unspecified atom stereocenters. The minimum atomic E-state index is -0.784. The summed E-state index contributed by atoms with van der Waals surface area (Å²) in [4.78, 5) is 34.6. The van der Waals surface area contributed by atoms with Gasteiger partial charge in [-0.2, -0.15) is 0 Å². The fraction of sp³-hybridized carbons (Fsp3) is 0.667. The second-order valence-corrected chi connectivity index (χ2v) is 3.65. The Labute approximate surface area is 87.6 Å². The van der Waals surface area contributed by atoms with Crippen LogP contribution in [-0.4, -0.2) is 42.0 Å². The number of hydrogen-bond donors (Lipinski definition) is 1. The number of hydrogen-bond acceptors (Lipinski definition) is 4. The van der Waals surface area contributed by atoms with Crippen LogP contribution in [-0.2, 0) is 14.3 Å². The quantitative estimate of drug-likeness (QED) is 0.650. The lowest BCUT2D eigenvalue weighted by atomic mass is 10.2. The van der Waals surface area contributed by atoms with Gasteiger partial charge in [-0.05, 0) is 13.8 Å². The monoisotopic (exact) mass is 214 g/mol. The molecule has 0 bridgehead atoms. The lowest BCUT2D eigenvalue weighted by molar-refractivity contribution is -0.137. The number of carbonyl (C=O) groups excluding carboxylic acids is 3. The van der Waals surface area contributed by atoms with Gasteiger partial charge in [-0.3, -0.25) is 14.5 Å². The maximum atomic E-state index is 11.4. The molecule has 0 spiro atoms. The van der Waals surface area contributed by atoms with Gasteiger partial charge in [0.1, 0.15) is 6.04 Å². The minimum absolute atomic E-state index is 0.00251. The maximum Gasteiger partial charge on any atom is 0.408 e. The molecule has 84 valence electrons. The summed E-state index contributed by atoms with van der Waals surface area (Å²) in [5.41, 5.74) is 0. The number of carbonyl (C=O) groups is 3. The van der Waals surface area contributed by atoms with E-state index in [0.29, 0.717) is 0 Å². The van der Waals surface area contributed by atoms with Crippen molar-refractivity contribution in [3.05, 3.63) is 0 Å². The number of amides is 3. The standard InChI is InChI=1S/C9H14N2O4/c1-5(2)15-9(14)10-6-4-7(12)11(3)8(6)13/h5-6H,4H2,1-3H3,(H,10,14). The summed E-state index contributed by atoms with van der Waals surface area (Å²) in [5, 5.41) is 2.35. The zero-order valence-electron chi connectivity index (χ0n) is 8.94. The molecule has 6 nitrogen and oxygen atoms in total. The van der Waals surface area contributed by atoms with Crippen LogP contribution in [0.25, 0.3) is 0 Å². The van der Waals surface area contributed by atoms with E-state index < -0.39 is 18.0 Å². The van der Waals surface area contributed by atoms with Gasteiger partial charge in [0, 0.05) is 7.05 Å². The van der Waals surface area contributed by atoms with E-state index in [1.165, 1.54) is 7.05 Å². The highest BCUT2D eigenvalue weighted by molar-refractivity contribution is 6.06. The molecular weight excluding hydrogens is 200 g/mol. The molecule has 15 heavy (non-hydrogen) atoms. The fourth-order valence-electron chi connectivity index (χ4n) is 1.26. The number of alkyl carbamates (subject to hydrolysis) is 1. The Morgan fingerprint density at radius 1 is 1.53 bits per heavy atom. The van der Waals surface area contributed by atoms with Crippen molar-refractivity contribution in [2.75, 3.05) is 7.05 Å². The first kappa shape index (κ1) is 11.5.